The summed E-state index contributed by atoms with van der Waals surface area (Å²) in [5.74, 6) is -0.0324. The number of halogens is 1. The first kappa shape index (κ1) is 17.5. The third kappa shape index (κ3) is 4.83. The van der Waals surface area contributed by atoms with Gasteiger partial charge in [-0.15, -0.1) is 0 Å². The Morgan fingerprint density at radius 2 is 1.72 bits per heavy atom. The molecule has 2 aromatic carbocycles. The van der Waals surface area contributed by atoms with Gasteiger partial charge in [0.15, 0.2) is 0 Å². The second-order valence-electron chi connectivity index (χ2n) is 6.28. The van der Waals surface area contributed by atoms with Crippen LogP contribution in [0.4, 0.5) is 5.69 Å². The van der Waals surface area contributed by atoms with E-state index in [4.69, 9.17) is 11.6 Å². The van der Waals surface area contributed by atoms with Gasteiger partial charge in [0.1, 0.15) is 0 Å². The Labute approximate surface area is 152 Å². The Balaban J connectivity index is 1.58. The fraction of sp³-hybridized carbons (Fsp3) is 0.300. The lowest BCUT2D eigenvalue weighted by Crippen LogP contribution is -2.36. The fourth-order valence-corrected chi connectivity index (χ4v) is 3.16. The van der Waals surface area contributed by atoms with Gasteiger partial charge in [0.2, 0.25) is 5.91 Å². The predicted octanol–water partition coefficient (Wildman–Crippen LogP) is 4.15. The Bertz CT molecular complexity index is 753. The average Bonchev–Trinajstić information content (AvgIpc) is 2.64. The molecule has 3 rings (SSSR count). The summed E-state index contributed by atoms with van der Waals surface area (Å²) < 4.78 is 0. The van der Waals surface area contributed by atoms with Gasteiger partial charge in [-0.1, -0.05) is 29.8 Å². The number of carbonyl (C=O) groups is 2. The lowest BCUT2D eigenvalue weighted by atomic mass is 10.1. The number of amides is 2. The Kier molecular flexibility index (Phi) is 5.71. The van der Waals surface area contributed by atoms with Gasteiger partial charge >= 0.3 is 0 Å². The number of piperidine rings is 1. The van der Waals surface area contributed by atoms with E-state index in [2.05, 4.69) is 5.32 Å². The van der Waals surface area contributed by atoms with Crippen LogP contribution in [-0.4, -0.2) is 29.8 Å². The molecule has 1 heterocycles. The average molecular weight is 357 g/mol. The molecule has 0 radical (unpaired) electrons. The molecule has 4 nitrogen and oxygen atoms in total. The fourth-order valence-electron chi connectivity index (χ4n) is 2.97. The third-order valence-corrected chi connectivity index (χ3v) is 4.60. The minimum absolute atomic E-state index is 0.176. The maximum atomic E-state index is 12.3. The van der Waals surface area contributed by atoms with Crippen LogP contribution in [0.1, 0.15) is 35.2 Å². The van der Waals surface area contributed by atoms with Crippen molar-refractivity contribution in [2.75, 3.05) is 18.4 Å². The number of nitrogens with one attached hydrogen (secondary N) is 1. The van der Waals surface area contributed by atoms with Crippen LogP contribution in [0.2, 0.25) is 5.02 Å². The van der Waals surface area contributed by atoms with Crippen LogP contribution in [0, 0.1) is 0 Å². The number of hydrogen-bond donors (Lipinski definition) is 1. The van der Waals surface area contributed by atoms with Gasteiger partial charge < -0.3 is 10.2 Å². The number of rotatable bonds is 4. The second-order valence-corrected chi connectivity index (χ2v) is 6.72. The summed E-state index contributed by atoms with van der Waals surface area (Å²) in [5, 5.41) is 3.36. The topological polar surface area (TPSA) is 49.4 Å². The number of hydrogen-bond acceptors (Lipinski definition) is 2. The van der Waals surface area contributed by atoms with Crippen molar-refractivity contribution in [3.63, 3.8) is 0 Å². The van der Waals surface area contributed by atoms with Gasteiger partial charge in [0.05, 0.1) is 6.42 Å². The van der Waals surface area contributed by atoms with Crippen LogP contribution in [0.3, 0.4) is 0 Å². The van der Waals surface area contributed by atoms with Crippen molar-refractivity contribution in [2.45, 2.75) is 25.7 Å². The highest BCUT2D eigenvalue weighted by molar-refractivity contribution is 6.31. The van der Waals surface area contributed by atoms with E-state index in [-0.39, 0.29) is 11.8 Å². The normalized spacial score (nSPS) is 14.2. The van der Waals surface area contributed by atoms with Gasteiger partial charge in [0.25, 0.3) is 5.91 Å². The first-order valence-corrected chi connectivity index (χ1v) is 8.93. The summed E-state index contributed by atoms with van der Waals surface area (Å²) >= 11 is 5.91. The van der Waals surface area contributed by atoms with E-state index in [0.717, 1.165) is 31.5 Å². The number of carbonyl (C=O) groups excluding carboxylic acids is 2. The number of benzene rings is 2. The molecule has 0 spiro atoms. The number of anilines is 1. The largest absolute Gasteiger partial charge is 0.342 e. The molecule has 1 aliphatic heterocycles. The molecule has 0 unspecified atom stereocenters. The van der Waals surface area contributed by atoms with Crippen molar-refractivity contribution in [3.8, 4) is 0 Å². The first-order valence-electron chi connectivity index (χ1n) is 8.55. The van der Waals surface area contributed by atoms with E-state index in [1.165, 1.54) is 6.42 Å². The molecular weight excluding hydrogens is 336 g/mol. The minimum Gasteiger partial charge on any atom is -0.342 e. The summed E-state index contributed by atoms with van der Waals surface area (Å²) in [7, 11) is 0. The Hall–Kier alpha value is -2.33. The minimum atomic E-state index is -0.209. The van der Waals surface area contributed by atoms with Gasteiger partial charge in [-0.05, 0) is 55.2 Å². The van der Waals surface area contributed by atoms with Crippen molar-refractivity contribution >= 4 is 29.1 Å². The van der Waals surface area contributed by atoms with Crippen LogP contribution in [0.25, 0.3) is 0 Å². The van der Waals surface area contributed by atoms with E-state index >= 15 is 0 Å². The molecule has 0 saturated carbocycles. The van der Waals surface area contributed by atoms with Crippen molar-refractivity contribution in [1.29, 1.82) is 0 Å². The maximum absolute atomic E-state index is 12.3. The van der Waals surface area contributed by atoms with Crippen molar-refractivity contribution in [2.24, 2.45) is 0 Å². The molecule has 1 aliphatic rings. The monoisotopic (exact) mass is 356 g/mol. The lowest BCUT2D eigenvalue weighted by molar-refractivity contribution is -0.131. The number of nitrogens with zero attached hydrogens (tertiary/aromatic N) is 1. The molecule has 2 aromatic rings. The van der Waals surface area contributed by atoms with E-state index in [0.29, 0.717) is 22.7 Å². The van der Waals surface area contributed by atoms with E-state index in [1.54, 1.807) is 24.3 Å². The summed E-state index contributed by atoms with van der Waals surface area (Å²) in [4.78, 5) is 26.4. The zero-order chi connectivity index (χ0) is 17.6. The summed E-state index contributed by atoms with van der Waals surface area (Å²) in [6.45, 7) is 1.74. The quantitative estimate of drug-likeness (QED) is 0.894. The van der Waals surface area contributed by atoms with Crippen molar-refractivity contribution in [3.05, 3.63) is 64.7 Å². The summed E-state index contributed by atoms with van der Waals surface area (Å²) in [6, 6.07) is 14.2. The molecule has 1 N–H and O–H groups in total. The third-order valence-electron chi connectivity index (χ3n) is 4.36. The summed E-state index contributed by atoms with van der Waals surface area (Å²) in [5.41, 5.74) is 2.16. The number of likely N-dealkylation sites (tertiary alicyclic amines) is 1. The highest BCUT2D eigenvalue weighted by Crippen LogP contribution is 2.16. The smallest absolute Gasteiger partial charge is 0.255 e. The zero-order valence-corrected chi connectivity index (χ0v) is 14.8. The molecular formula is C20H21ClN2O2. The zero-order valence-electron chi connectivity index (χ0n) is 14.0. The van der Waals surface area contributed by atoms with Gasteiger partial charge in [-0.3, -0.25) is 9.59 Å². The van der Waals surface area contributed by atoms with Crippen LogP contribution in [0.5, 0.6) is 0 Å². The molecule has 25 heavy (non-hydrogen) atoms. The van der Waals surface area contributed by atoms with Gasteiger partial charge in [-0.25, -0.2) is 0 Å². The standard InChI is InChI=1S/C20H21ClN2O2/c21-17-6-4-5-16(14-17)20(25)22-18-9-7-15(8-10-18)13-19(24)23-11-2-1-3-12-23/h4-10,14H,1-3,11-13H2,(H,22,25). The molecule has 0 aliphatic carbocycles. The van der Waals surface area contributed by atoms with Crippen molar-refractivity contribution in [1.82, 2.24) is 4.90 Å². The Morgan fingerprint density at radius 1 is 1.00 bits per heavy atom. The first-order chi connectivity index (χ1) is 12.1. The highest BCUT2D eigenvalue weighted by atomic mass is 35.5. The summed E-state index contributed by atoms with van der Waals surface area (Å²) in [6.07, 6.45) is 3.81. The van der Waals surface area contributed by atoms with E-state index in [1.807, 2.05) is 29.2 Å². The second kappa shape index (κ2) is 8.17. The van der Waals surface area contributed by atoms with Crippen LogP contribution < -0.4 is 5.32 Å². The van der Waals surface area contributed by atoms with Crippen LogP contribution in [-0.2, 0) is 11.2 Å². The van der Waals surface area contributed by atoms with Crippen LogP contribution in [0.15, 0.2) is 48.5 Å². The van der Waals surface area contributed by atoms with E-state index in [9.17, 15) is 9.59 Å². The van der Waals surface area contributed by atoms with E-state index < -0.39 is 0 Å². The molecule has 1 fully saturated rings. The molecule has 0 aromatic heterocycles. The molecule has 1 saturated heterocycles. The molecule has 0 bridgehead atoms. The predicted molar refractivity (Wildman–Crippen MR) is 100.0 cm³/mol. The lowest BCUT2D eigenvalue weighted by Gasteiger charge is -2.26. The van der Waals surface area contributed by atoms with Crippen molar-refractivity contribution < 1.29 is 9.59 Å². The highest BCUT2D eigenvalue weighted by Gasteiger charge is 2.16. The maximum Gasteiger partial charge on any atom is 0.255 e. The van der Waals surface area contributed by atoms with Gasteiger partial charge in [0, 0.05) is 29.4 Å². The SMILES string of the molecule is O=C(Nc1ccc(CC(=O)N2CCCCC2)cc1)c1cccc(Cl)c1. The van der Waals surface area contributed by atoms with Crippen LogP contribution >= 0.6 is 11.6 Å². The molecule has 0 atom stereocenters. The molecule has 2 amide bonds. The molecule has 5 heteroatoms. The van der Waals surface area contributed by atoms with Gasteiger partial charge in [-0.2, -0.15) is 0 Å². The Morgan fingerprint density at radius 3 is 2.40 bits per heavy atom. The molecule has 130 valence electrons.